The fourth-order valence-corrected chi connectivity index (χ4v) is 1.43. The molecular weight excluding hydrogens is 211 g/mol. The molecule has 0 amide bonds. The lowest BCUT2D eigenvalue weighted by Crippen LogP contribution is -2.25. The lowest BCUT2D eigenvalue weighted by Gasteiger charge is -2.09. The van der Waals surface area contributed by atoms with Gasteiger partial charge in [-0.15, -0.1) is 0 Å². The van der Waals surface area contributed by atoms with Crippen molar-refractivity contribution in [1.82, 2.24) is 0 Å². The molecule has 0 fully saturated rings. The van der Waals surface area contributed by atoms with Crippen LogP contribution in [0.1, 0.15) is 6.92 Å². The van der Waals surface area contributed by atoms with Crippen LogP contribution in [0, 0.1) is 11.7 Å². The Hall–Kier alpha value is -1.91. The standard InChI is InChI=1S/C11H11FN2O2/c1-7-10(11(15)16-14-7)6-13-9-4-2-8(12)3-5-9/h2-5,10,13H,6H2,1H3. The molecular formula is C11H11FN2O2. The van der Waals surface area contributed by atoms with Gasteiger partial charge >= 0.3 is 5.97 Å². The van der Waals surface area contributed by atoms with Gasteiger partial charge in [0.2, 0.25) is 0 Å². The Morgan fingerprint density at radius 1 is 1.44 bits per heavy atom. The topological polar surface area (TPSA) is 50.7 Å². The molecule has 16 heavy (non-hydrogen) atoms. The van der Waals surface area contributed by atoms with E-state index in [9.17, 15) is 9.18 Å². The normalized spacial score (nSPS) is 19.2. The minimum absolute atomic E-state index is 0.288. The van der Waals surface area contributed by atoms with Crippen LogP contribution in [0.5, 0.6) is 0 Å². The Morgan fingerprint density at radius 2 is 2.12 bits per heavy atom. The van der Waals surface area contributed by atoms with Crippen LogP contribution in [0.2, 0.25) is 0 Å². The van der Waals surface area contributed by atoms with Gasteiger partial charge in [-0.2, -0.15) is 0 Å². The summed E-state index contributed by atoms with van der Waals surface area (Å²) < 4.78 is 12.6. The predicted molar refractivity (Wildman–Crippen MR) is 57.6 cm³/mol. The molecule has 0 spiro atoms. The number of rotatable bonds is 3. The predicted octanol–water partition coefficient (Wildman–Crippen LogP) is 1.79. The molecule has 1 aromatic carbocycles. The summed E-state index contributed by atoms with van der Waals surface area (Å²) >= 11 is 0. The van der Waals surface area contributed by atoms with Crippen LogP contribution >= 0.6 is 0 Å². The fraction of sp³-hybridized carbons (Fsp3) is 0.273. The molecule has 0 saturated heterocycles. The number of carbonyl (C=O) groups is 1. The molecule has 5 heteroatoms. The second-order valence-electron chi connectivity index (χ2n) is 3.58. The number of nitrogens with one attached hydrogen (secondary N) is 1. The van der Waals surface area contributed by atoms with E-state index in [1.165, 1.54) is 12.1 Å². The first-order chi connectivity index (χ1) is 7.66. The van der Waals surface area contributed by atoms with Gasteiger partial charge in [0.1, 0.15) is 11.7 Å². The van der Waals surface area contributed by atoms with Gasteiger partial charge in [-0.05, 0) is 31.2 Å². The maximum Gasteiger partial charge on any atom is 0.345 e. The van der Waals surface area contributed by atoms with Crippen LogP contribution in [-0.4, -0.2) is 18.2 Å². The summed E-state index contributed by atoms with van der Waals surface area (Å²) in [5.74, 6) is -0.999. The van der Waals surface area contributed by atoms with Gasteiger partial charge in [0.05, 0.1) is 5.71 Å². The number of hydrogen-bond donors (Lipinski definition) is 1. The number of nitrogens with zero attached hydrogens (tertiary/aromatic N) is 1. The molecule has 4 nitrogen and oxygen atoms in total. The SMILES string of the molecule is CC1=NOC(=O)C1CNc1ccc(F)cc1. The first kappa shape index (κ1) is 10.6. The molecule has 1 aliphatic rings. The number of benzene rings is 1. The molecule has 1 unspecified atom stereocenters. The largest absolute Gasteiger partial charge is 0.384 e. The number of oxime groups is 1. The lowest BCUT2D eigenvalue weighted by molar-refractivity contribution is -0.143. The van der Waals surface area contributed by atoms with Crippen molar-refractivity contribution in [3.8, 4) is 0 Å². The van der Waals surface area contributed by atoms with E-state index in [4.69, 9.17) is 0 Å². The zero-order chi connectivity index (χ0) is 11.5. The number of hydrogen-bond acceptors (Lipinski definition) is 4. The Morgan fingerprint density at radius 3 is 2.69 bits per heavy atom. The highest BCUT2D eigenvalue weighted by molar-refractivity contribution is 6.04. The van der Waals surface area contributed by atoms with Crippen molar-refractivity contribution in [3.05, 3.63) is 30.1 Å². The van der Waals surface area contributed by atoms with Gasteiger partial charge in [0.15, 0.2) is 0 Å². The first-order valence-corrected chi connectivity index (χ1v) is 4.91. The Labute approximate surface area is 92.1 Å². The molecule has 1 aliphatic heterocycles. The van der Waals surface area contributed by atoms with E-state index in [2.05, 4.69) is 15.3 Å². The minimum atomic E-state index is -0.356. The zero-order valence-corrected chi connectivity index (χ0v) is 8.74. The van der Waals surface area contributed by atoms with E-state index in [0.29, 0.717) is 12.3 Å². The minimum Gasteiger partial charge on any atom is -0.384 e. The lowest BCUT2D eigenvalue weighted by atomic mass is 10.1. The summed E-state index contributed by atoms with van der Waals surface area (Å²) in [4.78, 5) is 15.8. The smallest absolute Gasteiger partial charge is 0.345 e. The average molecular weight is 222 g/mol. The quantitative estimate of drug-likeness (QED) is 0.793. The van der Waals surface area contributed by atoms with E-state index in [0.717, 1.165) is 5.69 Å². The fourth-order valence-electron chi connectivity index (χ4n) is 1.43. The van der Waals surface area contributed by atoms with Crippen LogP contribution in [-0.2, 0) is 9.63 Å². The monoisotopic (exact) mass is 222 g/mol. The zero-order valence-electron chi connectivity index (χ0n) is 8.74. The Kier molecular flexibility index (Phi) is 2.85. The van der Waals surface area contributed by atoms with Crippen molar-refractivity contribution in [2.24, 2.45) is 11.1 Å². The van der Waals surface area contributed by atoms with Gasteiger partial charge in [-0.3, -0.25) is 0 Å². The molecule has 2 rings (SSSR count). The van der Waals surface area contributed by atoms with Crippen molar-refractivity contribution in [2.45, 2.75) is 6.92 Å². The van der Waals surface area contributed by atoms with E-state index < -0.39 is 0 Å². The van der Waals surface area contributed by atoms with Gasteiger partial charge < -0.3 is 10.2 Å². The highest BCUT2D eigenvalue weighted by atomic mass is 19.1. The third kappa shape index (κ3) is 2.18. The summed E-state index contributed by atoms with van der Waals surface area (Å²) in [5.41, 5.74) is 1.41. The second kappa shape index (κ2) is 4.30. The number of halogens is 1. The molecule has 1 N–H and O–H groups in total. The summed E-state index contributed by atoms with van der Waals surface area (Å²) in [6.07, 6.45) is 0. The maximum absolute atomic E-state index is 12.6. The molecule has 84 valence electrons. The summed E-state index contributed by atoms with van der Waals surface area (Å²) in [6, 6.07) is 5.94. The van der Waals surface area contributed by atoms with E-state index in [-0.39, 0.29) is 17.7 Å². The molecule has 0 saturated carbocycles. The van der Waals surface area contributed by atoms with Gasteiger partial charge in [-0.25, -0.2) is 9.18 Å². The van der Waals surface area contributed by atoms with Crippen molar-refractivity contribution in [3.63, 3.8) is 0 Å². The van der Waals surface area contributed by atoms with Crippen molar-refractivity contribution in [1.29, 1.82) is 0 Å². The average Bonchev–Trinajstić information content (AvgIpc) is 2.59. The Bertz CT molecular complexity index is 428. The Balaban J connectivity index is 1.95. The van der Waals surface area contributed by atoms with Crippen LogP contribution in [0.4, 0.5) is 10.1 Å². The molecule has 0 aromatic heterocycles. The molecule has 1 aromatic rings. The second-order valence-corrected chi connectivity index (χ2v) is 3.58. The summed E-state index contributed by atoms with van der Waals surface area (Å²) in [6.45, 7) is 2.14. The third-order valence-corrected chi connectivity index (χ3v) is 2.42. The first-order valence-electron chi connectivity index (χ1n) is 4.91. The molecule has 1 atom stereocenters. The van der Waals surface area contributed by atoms with Crippen LogP contribution in [0.25, 0.3) is 0 Å². The van der Waals surface area contributed by atoms with Crippen LogP contribution < -0.4 is 5.32 Å². The van der Waals surface area contributed by atoms with Crippen molar-refractivity contribution in [2.75, 3.05) is 11.9 Å². The van der Waals surface area contributed by atoms with Gasteiger partial charge in [-0.1, -0.05) is 5.16 Å². The number of anilines is 1. The molecule has 0 radical (unpaired) electrons. The van der Waals surface area contributed by atoms with Crippen molar-refractivity contribution >= 4 is 17.4 Å². The van der Waals surface area contributed by atoms with Crippen LogP contribution in [0.3, 0.4) is 0 Å². The van der Waals surface area contributed by atoms with E-state index in [1.807, 2.05) is 0 Å². The third-order valence-electron chi connectivity index (χ3n) is 2.42. The highest BCUT2D eigenvalue weighted by Gasteiger charge is 2.29. The molecule has 0 bridgehead atoms. The van der Waals surface area contributed by atoms with Gasteiger partial charge in [0.25, 0.3) is 0 Å². The summed E-state index contributed by atoms with van der Waals surface area (Å²) in [7, 11) is 0. The van der Waals surface area contributed by atoms with E-state index in [1.54, 1.807) is 19.1 Å². The van der Waals surface area contributed by atoms with Crippen molar-refractivity contribution < 1.29 is 14.0 Å². The number of carbonyl (C=O) groups excluding carboxylic acids is 1. The molecule has 1 heterocycles. The summed E-state index contributed by atoms with van der Waals surface area (Å²) in [5, 5.41) is 6.62. The highest BCUT2D eigenvalue weighted by Crippen LogP contribution is 2.14. The van der Waals surface area contributed by atoms with Gasteiger partial charge in [0, 0.05) is 12.2 Å². The van der Waals surface area contributed by atoms with E-state index >= 15 is 0 Å². The molecule has 0 aliphatic carbocycles. The maximum atomic E-state index is 12.6. The van der Waals surface area contributed by atoms with Crippen LogP contribution in [0.15, 0.2) is 29.4 Å².